The Balaban J connectivity index is 1.65. The van der Waals surface area contributed by atoms with Crippen LogP contribution in [0.1, 0.15) is 24.8 Å². The van der Waals surface area contributed by atoms with Gasteiger partial charge in [-0.1, -0.05) is 30.3 Å². The SMILES string of the molecule is COC(=O)C1CC2(CCO2)CC1C(=O)OCc1ccccc1. The molecule has 118 valence electrons. The minimum Gasteiger partial charge on any atom is -0.469 e. The summed E-state index contributed by atoms with van der Waals surface area (Å²) in [4.78, 5) is 24.3. The molecule has 1 aliphatic heterocycles. The second kappa shape index (κ2) is 6.08. The zero-order chi connectivity index (χ0) is 15.6. The number of rotatable bonds is 4. The molecule has 0 N–H and O–H groups in total. The van der Waals surface area contributed by atoms with E-state index in [1.165, 1.54) is 7.11 Å². The molecule has 0 bridgehead atoms. The van der Waals surface area contributed by atoms with Crippen LogP contribution in [0.15, 0.2) is 30.3 Å². The van der Waals surface area contributed by atoms with Crippen LogP contribution in [0.3, 0.4) is 0 Å². The van der Waals surface area contributed by atoms with Gasteiger partial charge in [0.05, 0.1) is 31.2 Å². The summed E-state index contributed by atoms with van der Waals surface area (Å²) < 4.78 is 15.9. The van der Waals surface area contributed by atoms with Crippen molar-refractivity contribution >= 4 is 11.9 Å². The standard InChI is InChI=1S/C17H20O5/c1-20-15(18)13-9-17(7-8-22-17)10-14(13)16(19)21-11-12-5-3-2-4-6-12/h2-6,13-14H,7-11H2,1H3. The molecule has 22 heavy (non-hydrogen) atoms. The van der Waals surface area contributed by atoms with Gasteiger partial charge in [-0.2, -0.15) is 0 Å². The molecule has 2 aliphatic rings. The lowest BCUT2D eigenvalue weighted by Gasteiger charge is -2.38. The molecule has 3 rings (SSSR count). The number of carbonyl (C=O) groups is 2. The first-order chi connectivity index (χ1) is 10.6. The first-order valence-corrected chi connectivity index (χ1v) is 7.56. The molecule has 0 radical (unpaired) electrons. The fraction of sp³-hybridized carbons (Fsp3) is 0.529. The van der Waals surface area contributed by atoms with Crippen molar-refractivity contribution in [3.05, 3.63) is 35.9 Å². The Morgan fingerprint density at radius 2 is 1.82 bits per heavy atom. The van der Waals surface area contributed by atoms with Crippen molar-refractivity contribution in [3.8, 4) is 0 Å². The summed E-state index contributed by atoms with van der Waals surface area (Å²) in [7, 11) is 1.35. The number of benzene rings is 1. The van der Waals surface area contributed by atoms with Crippen LogP contribution in [0.2, 0.25) is 0 Å². The second-order valence-corrected chi connectivity index (χ2v) is 6.02. The molecule has 1 saturated heterocycles. The molecule has 1 heterocycles. The fourth-order valence-electron chi connectivity index (χ4n) is 3.36. The quantitative estimate of drug-likeness (QED) is 0.797. The molecule has 1 aromatic carbocycles. The van der Waals surface area contributed by atoms with Crippen LogP contribution in [0.25, 0.3) is 0 Å². The van der Waals surface area contributed by atoms with Crippen molar-refractivity contribution in [2.45, 2.75) is 31.5 Å². The van der Waals surface area contributed by atoms with E-state index in [2.05, 4.69) is 0 Å². The van der Waals surface area contributed by atoms with Gasteiger partial charge in [-0.15, -0.1) is 0 Å². The number of methoxy groups -OCH3 is 1. The molecule has 2 fully saturated rings. The average Bonchev–Trinajstić information content (AvgIpc) is 2.94. The molecule has 1 aliphatic carbocycles. The zero-order valence-corrected chi connectivity index (χ0v) is 12.6. The topological polar surface area (TPSA) is 61.8 Å². The first kappa shape index (κ1) is 15.0. The lowest BCUT2D eigenvalue weighted by atomic mass is 9.92. The van der Waals surface area contributed by atoms with Crippen LogP contribution in [0.4, 0.5) is 0 Å². The predicted octanol–water partition coefficient (Wildman–Crippen LogP) is 2.09. The predicted molar refractivity (Wildman–Crippen MR) is 77.8 cm³/mol. The maximum atomic E-state index is 12.4. The van der Waals surface area contributed by atoms with E-state index >= 15 is 0 Å². The maximum Gasteiger partial charge on any atom is 0.310 e. The number of ether oxygens (including phenoxy) is 3. The summed E-state index contributed by atoms with van der Waals surface area (Å²) in [5, 5.41) is 0. The van der Waals surface area contributed by atoms with Gasteiger partial charge in [0.1, 0.15) is 6.61 Å². The van der Waals surface area contributed by atoms with Crippen molar-refractivity contribution in [3.63, 3.8) is 0 Å². The van der Waals surface area contributed by atoms with E-state index in [1.807, 2.05) is 30.3 Å². The minimum absolute atomic E-state index is 0.220. The first-order valence-electron chi connectivity index (χ1n) is 7.56. The van der Waals surface area contributed by atoms with Crippen LogP contribution in [0.5, 0.6) is 0 Å². The van der Waals surface area contributed by atoms with Crippen molar-refractivity contribution in [1.82, 2.24) is 0 Å². The molecule has 3 atom stereocenters. The van der Waals surface area contributed by atoms with Crippen LogP contribution in [0, 0.1) is 11.8 Å². The zero-order valence-electron chi connectivity index (χ0n) is 12.6. The van der Waals surface area contributed by atoms with E-state index in [4.69, 9.17) is 14.2 Å². The molecule has 3 unspecified atom stereocenters. The highest BCUT2D eigenvalue weighted by atomic mass is 16.5. The Labute approximate surface area is 129 Å². The molecule has 5 heteroatoms. The molecule has 1 saturated carbocycles. The lowest BCUT2D eigenvalue weighted by Crippen LogP contribution is -2.41. The van der Waals surface area contributed by atoms with Crippen molar-refractivity contribution in [1.29, 1.82) is 0 Å². The Bertz CT molecular complexity index is 549. The second-order valence-electron chi connectivity index (χ2n) is 6.02. The molecule has 1 spiro atoms. The van der Waals surface area contributed by atoms with Gasteiger partial charge >= 0.3 is 11.9 Å². The van der Waals surface area contributed by atoms with E-state index in [1.54, 1.807) is 0 Å². The van der Waals surface area contributed by atoms with Crippen LogP contribution in [-0.4, -0.2) is 31.3 Å². The Morgan fingerprint density at radius 3 is 2.36 bits per heavy atom. The summed E-state index contributed by atoms with van der Waals surface area (Å²) in [5.41, 5.74) is 0.605. The normalized spacial score (nSPS) is 29.9. The van der Waals surface area contributed by atoms with Crippen LogP contribution >= 0.6 is 0 Å². The van der Waals surface area contributed by atoms with Crippen molar-refractivity contribution in [2.75, 3.05) is 13.7 Å². The van der Waals surface area contributed by atoms with E-state index in [0.717, 1.165) is 12.0 Å². The van der Waals surface area contributed by atoms with Gasteiger partial charge in [0.2, 0.25) is 0 Å². The van der Waals surface area contributed by atoms with Crippen molar-refractivity contribution < 1.29 is 23.8 Å². The molecule has 1 aromatic rings. The highest BCUT2D eigenvalue weighted by molar-refractivity contribution is 5.83. The number of esters is 2. The van der Waals surface area contributed by atoms with Gasteiger partial charge < -0.3 is 14.2 Å². The highest BCUT2D eigenvalue weighted by Crippen LogP contribution is 2.49. The van der Waals surface area contributed by atoms with Gasteiger partial charge in [0.25, 0.3) is 0 Å². The third-order valence-corrected chi connectivity index (χ3v) is 4.67. The fourth-order valence-corrected chi connectivity index (χ4v) is 3.36. The van der Waals surface area contributed by atoms with Crippen LogP contribution < -0.4 is 0 Å². The van der Waals surface area contributed by atoms with E-state index in [9.17, 15) is 9.59 Å². The smallest absolute Gasteiger partial charge is 0.310 e. The Morgan fingerprint density at radius 1 is 1.18 bits per heavy atom. The van der Waals surface area contributed by atoms with E-state index in [0.29, 0.717) is 19.4 Å². The number of hydrogen-bond acceptors (Lipinski definition) is 5. The van der Waals surface area contributed by atoms with Gasteiger partial charge in [-0.05, 0) is 24.8 Å². The molecular weight excluding hydrogens is 284 g/mol. The maximum absolute atomic E-state index is 12.4. The van der Waals surface area contributed by atoms with Crippen LogP contribution in [-0.2, 0) is 30.4 Å². The molecule has 0 aromatic heterocycles. The molecule has 0 amide bonds. The summed E-state index contributed by atoms with van der Waals surface area (Å²) >= 11 is 0. The molecule has 5 nitrogen and oxygen atoms in total. The van der Waals surface area contributed by atoms with Gasteiger partial charge in [0.15, 0.2) is 0 Å². The van der Waals surface area contributed by atoms with E-state index < -0.39 is 11.8 Å². The Hall–Kier alpha value is -1.88. The summed E-state index contributed by atoms with van der Waals surface area (Å²) in [6, 6.07) is 9.50. The average molecular weight is 304 g/mol. The number of hydrogen-bond donors (Lipinski definition) is 0. The van der Waals surface area contributed by atoms with Crippen molar-refractivity contribution in [2.24, 2.45) is 11.8 Å². The minimum atomic E-state index is -0.475. The monoisotopic (exact) mass is 304 g/mol. The Kier molecular flexibility index (Phi) is 4.16. The number of carbonyl (C=O) groups excluding carboxylic acids is 2. The van der Waals surface area contributed by atoms with E-state index in [-0.39, 0.29) is 24.1 Å². The summed E-state index contributed by atoms with van der Waals surface area (Å²) in [6.45, 7) is 0.914. The molecular formula is C17H20O5. The highest BCUT2D eigenvalue weighted by Gasteiger charge is 2.55. The third-order valence-electron chi connectivity index (χ3n) is 4.67. The van der Waals surface area contributed by atoms with Gasteiger partial charge in [-0.25, -0.2) is 0 Å². The summed E-state index contributed by atoms with van der Waals surface area (Å²) in [5.74, 6) is -1.63. The summed E-state index contributed by atoms with van der Waals surface area (Å²) in [6.07, 6.45) is 1.98. The van der Waals surface area contributed by atoms with Gasteiger partial charge in [0, 0.05) is 0 Å². The lowest BCUT2D eigenvalue weighted by molar-refractivity contribution is -0.159. The largest absolute Gasteiger partial charge is 0.469 e. The van der Waals surface area contributed by atoms with Gasteiger partial charge in [-0.3, -0.25) is 9.59 Å². The third kappa shape index (κ3) is 2.86.